The Morgan fingerprint density at radius 1 is 1.17 bits per heavy atom. The molecule has 0 aromatic carbocycles. The number of nitrogens with zero attached hydrogens (tertiary/aromatic N) is 4. The molecule has 0 bridgehead atoms. The third-order valence-electron chi connectivity index (χ3n) is 7.75. The van der Waals surface area contributed by atoms with Crippen molar-refractivity contribution >= 4 is 29.6 Å². The van der Waals surface area contributed by atoms with Crippen molar-refractivity contribution in [3.8, 4) is 11.9 Å². The zero-order valence-corrected chi connectivity index (χ0v) is 25.4. The van der Waals surface area contributed by atoms with Crippen LogP contribution in [0.4, 0.5) is 4.79 Å². The van der Waals surface area contributed by atoms with Crippen molar-refractivity contribution < 1.29 is 38.1 Å². The molecule has 1 saturated carbocycles. The molecule has 2 heterocycles. The molecule has 13 nitrogen and oxygen atoms in total. The van der Waals surface area contributed by atoms with Crippen molar-refractivity contribution in [3.63, 3.8) is 0 Å². The lowest BCUT2D eigenvalue weighted by molar-refractivity contribution is -0.140. The van der Waals surface area contributed by atoms with Crippen LogP contribution in [0.5, 0.6) is 5.88 Å². The van der Waals surface area contributed by atoms with Crippen LogP contribution in [0, 0.1) is 35.0 Å². The van der Waals surface area contributed by atoms with E-state index in [1.165, 1.54) is 19.1 Å². The second-order valence-electron chi connectivity index (χ2n) is 11.4. The van der Waals surface area contributed by atoms with Gasteiger partial charge in [0, 0.05) is 20.0 Å². The number of aromatic amines is 1. The van der Waals surface area contributed by atoms with Crippen LogP contribution in [0.3, 0.4) is 0 Å². The molecule has 1 amide bonds. The first-order chi connectivity index (χ1) is 19.9. The Morgan fingerprint density at radius 3 is 2.43 bits per heavy atom. The molecule has 1 aliphatic rings. The van der Waals surface area contributed by atoms with Gasteiger partial charge in [0.05, 0.1) is 13.7 Å². The summed E-state index contributed by atoms with van der Waals surface area (Å²) in [6.07, 6.45) is 1.75. The fourth-order valence-corrected chi connectivity index (χ4v) is 5.30. The van der Waals surface area contributed by atoms with Crippen LogP contribution in [0.1, 0.15) is 93.3 Å². The van der Waals surface area contributed by atoms with E-state index >= 15 is 0 Å². The summed E-state index contributed by atoms with van der Waals surface area (Å²) < 4.78 is 22.6. The molecule has 3 unspecified atom stereocenters. The number of nitrogens with one attached hydrogen (secondary N) is 1. The summed E-state index contributed by atoms with van der Waals surface area (Å²) in [5.74, 6) is -1.73. The summed E-state index contributed by atoms with van der Waals surface area (Å²) in [6.45, 7) is 10.4. The second kappa shape index (κ2) is 14.2. The number of fused-ring (bicyclic) bond motifs is 1. The molecule has 3 atom stereocenters. The lowest BCUT2D eigenvalue weighted by Crippen LogP contribution is -2.37. The highest BCUT2D eigenvalue weighted by atomic mass is 16.6. The third kappa shape index (κ3) is 7.40. The Hall–Kier alpha value is -4.08. The van der Waals surface area contributed by atoms with Gasteiger partial charge in [0.1, 0.15) is 23.3 Å². The fourth-order valence-electron chi connectivity index (χ4n) is 5.30. The minimum atomic E-state index is -0.852. The number of aromatic nitrogens is 3. The van der Waals surface area contributed by atoms with Gasteiger partial charge in [-0.3, -0.25) is 9.89 Å². The maximum absolute atomic E-state index is 13.6. The van der Waals surface area contributed by atoms with Crippen LogP contribution in [0.15, 0.2) is 0 Å². The van der Waals surface area contributed by atoms with E-state index < -0.39 is 24.0 Å². The molecule has 2 aromatic heterocycles. The van der Waals surface area contributed by atoms with Gasteiger partial charge in [0.2, 0.25) is 11.7 Å². The monoisotopic (exact) mass is 587 g/mol. The molecule has 1 N–H and O–H groups in total. The van der Waals surface area contributed by atoms with Crippen LogP contribution >= 0.6 is 0 Å². The Bertz CT molecular complexity index is 1330. The minimum Gasteiger partial charge on any atom is -0.469 e. The van der Waals surface area contributed by atoms with Gasteiger partial charge in [-0.05, 0) is 42.9 Å². The van der Waals surface area contributed by atoms with Crippen LogP contribution < -0.4 is 4.74 Å². The summed E-state index contributed by atoms with van der Waals surface area (Å²) in [7, 11) is 2.74. The highest BCUT2D eigenvalue weighted by Crippen LogP contribution is 2.37. The summed E-state index contributed by atoms with van der Waals surface area (Å²) in [5.41, 5.74) is -0.587. The van der Waals surface area contributed by atoms with E-state index in [1.54, 1.807) is 0 Å². The van der Waals surface area contributed by atoms with Gasteiger partial charge in [0.15, 0.2) is 5.65 Å². The number of ether oxygens (including phenoxy) is 4. The number of carbonyl (C=O) groups is 4. The molecule has 3 rings (SSSR count). The predicted octanol–water partition coefficient (Wildman–Crippen LogP) is 4.35. The second-order valence-corrected chi connectivity index (χ2v) is 11.4. The van der Waals surface area contributed by atoms with Gasteiger partial charge in [-0.25, -0.2) is 23.9 Å². The standard InChI is InChI=1S/C29H41N5O8/c1-8-16(2)15-40-28(37)24-31-25-22(27(36)41-23-18(4)12-17(3)13-19(23)5)20(14-30)26(34(25)32-24)42-29(38)33(6)11-9-10-21(35)39-7/h16-19,23H,8-13,15H2,1-7H3,(H,31,32). The van der Waals surface area contributed by atoms with Crippen LogP contribution in [0.25, 0.3) is 5.65 Å². The average Bonchev–Trinajstić information content (AvgIpc) is 3.50. The molecule has 1 aliphatic carbocycles. The summed E-state index contributed by atoms with van der Waals surface area (Å²) in [6, 6.07) is 1.94. The van der Waals surface area contributed by atoms with Crippen molar-refractivity contribution in [2.75, 3.05) is 27.3 Å². The zero-order valence-electron chi connectivity index (χ0n) is 25.4. The molecule has 42 heavy (non-hydrogen) atoms. The van der Waals surface area contributed by atoms with Gasteiger partial charge in [0.25, 0.3) is 0 Å². The Morgan fingerprint density at radius 2 is 1.83 bits per heavy atom. The number of hydrogen-bond donors (Lipinski definition) is 1. The molecule has 0 aliphatic heterocycles. The largest absolute Gasteiger partial charge is 0.469 e. The highest BCUT2D eigenvalue weighted by Gasteiger charge is 2.38. The van der Waals surface area contributed by atoms with Crippen molar-refractivity contribution in [3.05, 3.63) is 17.0 Å². The van der Waals surface area contributed by atoms with Crippen LogP contribution in [-0.4, -0.2) is 76.9 Å². The summed E-state index contributed by atoms with van der Waals surface area (Å²) in [4.78, 5) is 56.3. The number of hydrogen-bond acceptors (Lipinski definition) is 10. The van der Waals surface area contributed by atoms with Gasteiger partial charge in [-0.2, -0.15) is 5.26 Å². The van der Waals surface area contributed by atoms with Crippen molar-refractivity contribution in [1.82, 2.24) is 19.5 Å². The van der Waals surface area contributed by atoms with E-state index in [0.29, 0.717) is 12.3 Å². The SMILES string of the molecule is CCC(C)COC(=O)c1nc2c(C(=O)OC3C(C)CC(C)CC3C)c(C#N)c(OC(=O)N(C)CCCC(=O)OC)n2[nH]1. The predicted molar refractivity (Wildman–Crippen MR) is 150 cm³/mol. The van der Waals surface area contributed by atoms with Crippen molar-refractivity contribution in [1.29, 1.82) is 5.26 Å². The molecule has 0 spiro atoms. The number of nitriles is 1. The van der Waals surface area contributed by atoms with E-state index in [1.807, 2.05) is 33.8 Å². The molecule has 230 valence electrons. The first kappa shape index (κ1) is 32.4. The molecule has 0 saturated heterocycles. The number of carbonyl (C=O) groups excluding carboxylic acids is 4. The Kier molecular flexibility index (Phi) is 11.0. The molecule has 1 fully saturated rings. The van der Waals surface area contributed by atoms with E-state index in [2.05, 4.69) is 21.7 Å². The van der Waals surface area contributed by atoms with E-state index in [0.717, 1.165) is 23.8 Å². The zero-order chi connectivity index (χ0) is 31.1. The molecular weight excluding hydrogens is 546 g/mol. The van der Waals surface area contributed by atoms with Gasteiger partial charge in [-0.15, -0.1) is 0 Å². The molecule has 0 radical (unpaired) electrons. The van der Waals surface area contributed by atoms with E-state index in [4.69, 9.17) is 14.2 Å². The maximum atomic E-state index is 13.6. The summed E-state index contributed by atoms with van der Waals surface area (Å²) >= 11 is 0. The van der Waals surface area contributed by atoms with Gasteiger partial charge < -0.3 is 23.8 Å². The fraction of sp³-hybridized carbons (Fsp3) is 0.655. The minimum absolute atomic E-state index is 0.0950. The topological polar surface area (TPSA) is 165 Å². The maximum Gasteiger partial charge on any atom is 0.416 e. The Balaban J connectivity index is 1.97. The number of amides is 1. The lowest BCUT2D eigenvalue weighted by atomic mass is 9.75. The number of rotatable bonds is 11. The van der Waals surface area contributed by atoms with E-state index in [-0.39, 0.29) is 71.9 Å². The smallest absolute Gasteiger partial charge is 0.416 e. The van der Waals surface area contributed by atoms with Gasteiger partial charge in [-0.1, -0.05) is 41.0 Å². The van der Waals surface area contributed by atoms with Crippen LogP contribution in [-0.2, 0) is 19.0 Å². The number of esters is 3. The molecule has 13 heteroatoms. The van der Waals surface area contributed by atoms with Crippen molar-refractivity contribution in [2.45, 2.75) is 72.8 Å². The van der Waals surface area contributed by atoms with E-state index in [9.17, 15) is 24.4 Å². The number of methoxy groups -OCH3 is 1. The first-order valence-electron chi connectivity index (χ1n) is 14.3. The Labute approximate surface area is 245 Å². The summed E-state index contributed by atoms with van der Waals surface area (Å²) in [5, 5.41) is 12.8. The number of H-pyrrole nitrogens is 1. The third-order valence-corrected chi connectivity index (χ3v) is 7.75. The normalized spacial score (nSPS) is 20.8. The molecular formula is C29H41N5O8. The molecule has 2 aromatic rings. The first-order valence-corrected chi connectivity index (χ1v) is 14.3. The van der Waals surface area contributed by atoms with Crippen LogP contribution in [0.2, 0.25) is 0 Å². The lowest BCUT2D eigenvalue weighted by Gasteiger charge is -2.37. The average molecular weight is 588 g/mol. The quantitative estimate of drug-likeness (QED) is 0.295. The van der Waals surface area contributed by atoms with Crippen molar-refractivity contribution in [2.24, 2.45) is 23.7 Å². The van der Waals surface area contributed by atoms with Gasteiger partial charge >= 0.3 is 24.0 Å². The highest BCUT2D eigenvalue weighted by molar-refractivity contribution is 6.01.